The van der Waals surface area contributed by atoms with Crippen molar-refractivity contribution in [3.8, 4) is 6.07 Å². The van der Waals surface area contributed by atoms with Gasteiger partial charge in [0.15, 0.2) is 5.58 Å². The number of hydrogen-bond acceptors (Lipinski definition) is 6. The van der Waals surface area contributed by atoms with Gasteiger partial charge >= 0.3 is 5.76 Å². The number of carbonyl (C=O) groups is 1. The molecule has 37 heavy (non-hydrogen) atoms. The molecule has 1 aromatic heterocycles. The quantitative estimate of drug-likeness (QED) is 0.388. The van der Waals surface area contributed by atoms with Crippen LogP contribution < -0.4 is 11.1 Å². The number of aliphatic hydroxyl groups excluding tert-OH is 1. The van der Waals surface area contributed by atoms with Crippen LogP contribution in [0.1, 0.15) is 34.7 Å². The lowest BCUT2D eigenvalue weighted by atomic mass is 10.1. The number of rotatable bonds is 8. The molecule has 2 heterocycles. The molecular formula is C29H28N4O4. The number of benzene rings is 3. The van der Waals surface area contributed by atoms with E-state index in [-0.39, 0.29) is 24.5 Å². The van der Waals surface area contributed by atoms with Crippen molar-refractivity contribution >= 4 is 17.0 Å². The van der Waals surface area contributed by atoms with E-state index in [9.17, 15) is 14.7 Å². The van der Waals surface area contributed by atoms with Crippen molar-refractivity contribution in [1.29, 1.82) is 5.26 Å². The van der Waals surface area contributed by atoms with Gasteiger partial charge in [-0.15, -0.1) is 0 Å². The Labute approximate surface area is 214 Å². The number of nitrogens with one attached hydrogen (secondary N) is 1. The molecule has 2 atom stereocenters. The van der Waals surface area contributed by atoms with Crippen molar-refractivity contribution < 1.29 is 14.3 Å². The molecule has 0 spiro atoms. The smallest absolute Gasteiger partial charge is 0.408 e. The average Bonchev–Trinajstić information content (AvgIpc) is 3.46. The van der Waals surface area contributed by atoms with E-state index >= 15 is 0 Å². The third-order valence-corrected chi connectivity index (χ3v) is 6.75. The molecule has 5 rings (SSSR count). The molecule has 4 aromatic rings. The average molecular weight is 497 g/mol. The number of fused-ring (bicyclic) bond motifs is 1. The Balaban J connectivity index is 1.33. The fraction of sp³-hybridized carbons (Fsp3) is 0.276. The number of aliphatic hydroxyl groups is 1. The van der Waals surface area contributed by atoms with Crippen LogP contribution in [0, 0.1) is 11.3 Å². The highest BCUT2D eigenvalue weighted by molar-refractivity contribution is 5.81. The lowest BCUT2D eigenvalue weighted by Crippen LogP contribution is -2.38. The van der Waals surface area contributed by atoms with Crippen LogP contribution in [0.3, 0.4) is 0 Å². The number of amides is 1. The van der Waals surface area contributed by atoms with E-state index in [1.54, 1.807) is 24.3 Å². The second-order valence-corrected chi connectivity index (χ2v) is 9.47. The van der Waals surface area contributed by atoms with Crippen molar-refractivity contribution in [2.24, 2.45) is 0 Å². The SMILES string of the molecule is N#Cc1ccc(Cn2c(=O)oc3ccc(CC(=O)N[C@H](CN4CC[C@H](O)C4)c4ccccc4)cc32)cc1. The number of carbonyl (C=O) groups excluding carboxylic acids is 1. The number of nitriles is 1. The molecule has 3 aromatic carbocycles. The molecule has 1 amide bonds. The Morgan fingerprint density at radius 3 is 2.57 bits per heavy atom. The van der Waals surface area contributed by atoms with Gasteiger partial charge in [0.05, 0.1) is 42.3 Å². The molecule has 0 radical (unpaired) electrons. The van der Waals surface area contributed by atoms with Crippen LogP contribution in [0.25, 0.3) is 11.1 Å². The van der Waals surface area contributed by atoms with E-state index in [0.29, 0.717) is 36.3 Å². The fourth-order valence-corrected chi connectivity index (χ4v) is 4.82. The van der Waals surface area contributed by atoms with Crippen molar-refractivity contribution in [3.05, 3.63) is 106 Å². The second-order valence-electron chi connectivity index (χ2n) is 9.47. The number of β-amino-alcohol motifs (C(OH)–C–C–N with tert-alkyl or cyclic N) is 1. The highest BCUT2D eigenvalue weighted by Crippen LogP contribution is 2.20. The Hall–Kier alpha value is -4.19. The van der Waals surface area contributed by atoms with Gasteiger partial charge in [0.1, 0.15) is 0 Å². The van der Waals surface area contributed by atoms with Crippen LogP contribution in [0.5, 0.6) is 0 Å². The van der Waals surface area contributed by atoms with Crippen molar-refractivity contribution in [1.82, 2.24) is 14.8 Å². The zero-order valence-corrected chi connectivity index (χ0v) is 20.3. The minimum absolute atomic E-state index is 0.127. The third kappa shape index (κ3) is 5.80. The number of aromatic nitrogens is 1. The molecule has 8 nitrogen and oxygen atoms in total. The predicted molar refractivity (Wildman–Crippen MR) is 139 cm³/mol. The van der Waals surface area contributed by atoms with Crippen LogP contribution in [0.4, 0.5) is 0 Å². The Morgan fingerprint density at radius 1 is 1.11 bits per heavy atom. The summed E-state index contributed by atoms with van der Waals surface area (Å²) in [5.41, 5.74) is 4.27. The summed E-state index contributed by atoms with van der Waals surface area (Å²) in [6.07, 6.45) is 0.568. The molecule has 0 bridgehead atoms. The summed E-state index contributed by atoms with van der Waals surface area (Å²) in [6.45, 7) is 2.32. The molecule has 0 aliphatic carbocycles. The molecule has 0 unspecified atom stereocenters. The molecule has 2 N–H and O–H groups in total. The van der Waals surface area contributed by atoms with Crippen LogP contribution in [-0.4, -0.2) is 46.2 Å². The Bertz CT molecular complexity index is 1480. The first-order valence-corrected chi connectivity index (χ1v) is 12.3. The lowest BCUT2D eigenvalue weighted by Gasteiger charge is -2.25. The number of oxazole rings is 1. The van der Waals surface area contributed by atoms with Gasteiger partial charge in [0, 0.05) is 19.6 Å². The van der Waals surface area contributed by atoms with Gasteiger partial charge < -0.3 is 14.8 Å². The Kier molecular flexibility index (Phi) is 7.17. The summed E-state index contributed by atoms with van der Waals surface area (Å²) in [4.78, 5) is 27.8. The van der Waals surface area contributed by atoms with Gasteiger partial charge in [-0.25, -0.2) is 4.79 Å². The normalized spacial score (nSPS) is 16.5. The summed E-state index contributed by atoms with van der Waals surface area (Å²) < 4.78 is 6.94. The van der Waals surface area contributed by atoms with E-state index in [1.807, 2.05) is 48.5 Å². The van der Waals surface area contributed by atoms with E-state index in [0.717, 1.165) is 29.7 Å². The zero-order valence-electron chi connectivity index (χ0n) is 20.3. The standard InChI is InChI=1S/C29H28N4O4/c30-16-20-6-8-21(9-7-20)17-33-26-14-22(10-11-27(26)37-29(33)36)15-28(35)31-25(23-4-2-1-3-5-23)19-32-13-12-24(34)18-32/h1-11,14,24-25,34H,12-13,15,17-19H2,(H,31,35)/t24-,25+/m0/s1. The van der Waals surface area contributed by atoms with Crippen LogP contribution in [0.2, 0.25) is 0 Å². The van der Waals surface area contributed by atoms with Gasteiger partial charge in [-0.2, -0.15) is 5.26 Å². The highest BCUT2D eigenvalue weighted by Gasteiger charge is 2.25. The molecule has 1 fully saturated rings. The van der Waals surface area contributed by atoms with Crippen LogP contribution in [-0.2, 0) is 17.8 Å². The minimum Gasteiger partial charge on any atom is -0.408 e. The van der Waals surface area contributed by atoms with E-state index < -0.39 is 5.76 Å². The number of nitrogens with zero attached hydrogens (tertiary/aromatic N) is 3. The van der Waals surface area contributed by atoms with E-state index in [4.69, 9.17) is 9.68 Å². The fourth-order valence-electron chi connectivity index (χ4n) is 4.82. The number of hydrogen-bond donors (Lipinski definition) is 2. The first kappa shape index (κ1) is 24.5. The van der Waals surface area contributed by atoms with Gasteiger partial charge in [0.25, 0.3) is 0 Å². The maximum absolute atomic E-state index is 13.1. The maximum atomic E-state index is 13.1. The lowest BCUT2D eigenvalue weighted by molar-refractivity contribution is -0.121. The molecule has 1 saturated heterocycles. The summed E-state index contributed by atoms with van der Waals surface area (Å²) in [6, 6.07) is 24.1. The molecule has 0 saturated carbocycles. The highest BCUT2D eigenvalue weighted by atomic mass is 16.4. The molecule has 1 aliphatic rings. The van der Waals surface area contributed by atoms with E-state index in [1.165, 1.54) is 4.57 Å². The maximum Gasteiger partial charge on any atom is 0.420 e. The molecule has 188 valence electrons. The molecular weight excluding hydrogens is 468 g/mol. The molecule has 8 heteroatoms. The van der Waals surface area contributed by atoms with Crippen molar-refractivity contribution in [2.45, 2.75) is 31.5 Å². The largest absolute Gasteiger partial charge is 0.420 e. The monoisotopic (exact) mass is 496 g/mol. The minimum atomic E-state index is -0.474. The summed E-state index contributed by atoms with van der Waals surface area (Å²) in [5, 5.41) is 22.1. The van der Waals surface area contributed by atoms with Crippen molar-refractivity contribution in [2.75, 3.05) is 19.6 Å². The third-order valence-electron chi connectivity index (χ3n) is 6.75. The van der Waals surface area contributed by atoms with Crippen LogP contribution in [0.15, 0.2) is 82.0 Å². The topological polar surface area (TPSA) is 112 Å². The van der Waals surface area contributed by atoms with Gasteiger partial charge in [0.2, 0.25) is 5.91 Å². The molecule has 1 aliphatic heterocycles. The van der Waals surface area contributed by atoms with Crippen LogP contribution >= 0.6 is 0 Å². The summed E-state index contributed by atoms with van der Waals surface area (Å²) in [7, 11) is 0. The zero-order chi connectivity index (χ0) is 25.8. The second kappa shape index (κ2) is 10.8. The predicted octanol–water partition coefficient (Wildman–Crippen LogP) is 2.98. The first-order valence-electron chi connectivity index (χ1n) is 12.3. The Morgan fingerprint density at radius 2 is 1.86 bits per heavy atom. The first-order chi connectivity index (χ1) is 18.0. The van der Waals surface area contributed by atoms with Gasteiger partial charge in [-0.3, -0.25) is 14.3 Å². The number of likely N-dealkylation sites (tertiary alicyclic amines) is 1. The van der Waals surface area contributed by atoms with Gasteiger partial charge in [-0.05, 0) is 47.4 Å². The van der Waals surface area contributed by atoms with Gasteiger partial charge in [-0.1, -0.05) is 48.5 Å². The summed E-state index contributed by atoms with van der Waals surface area (Å²) >= 11 is 0. The van der Waals surface area contributed by atoms with E-state index in [2.05, 4.69) is 16.3 Å². The van der Waals surface area contributed by atoms with Crippen molar-refractivity contribution in [3.63, 3.8) is 0 Å². The summed E-state index contributed by atoms with van der Waals surface area (Å²) in [5.74, 6) is -0.602.